The van der Waals surface area contributed by atoms with Gasteiger partial charge in [-0.05, 0) is 12.8 Å². The van der Waals surface area contributed by atoms with Crippen LogP contribution in [0.3, 0.4) is 0 Å². The molecule has 0 saturated heterocycles. The van der Waals surface area contributed by atoms with E-state index in [0.29, 0.717) is 13.2 Å². The van der Waals surface area contributed by atoms with E-state index in [2.05, 4.69) is 13.8 Å². The van der Waals surface area contributed by atoms with E-state index < -0.39 is 37.6 Å². The van der Waals surface area contributed by atoms with Crippen molar-refractivity contribution in [1.29, 1.82) is 0 Å². The van der Waals surface area contributed by atoms with Gasteiger partial charge in [0.2, 0.25) is 0 Å². The normalized spacial score (nSPS) is 16.1. The second-order valence-electron chi connectivity index (χ2n) is 7.71. The molecule has 0 rings (SSSR count). The smallest absolute Gasteiger partial charge is 0.114 e. The summed E-state index contributed by atoms with van der Waals surface area (Å²) in [5.41, 5.74) is 0. The Balaban J connectivity index is 4.42. The quantitative estimate of drug-likeness (QED) is 0.219. The Hall–Kier alpha value is -0.240. The molecular formula is C22H46O6. The van der Waals surface area contributed by atoms with Crippen LogP contribution in [0.25, 0.3) is 0 Å². The molecule has 0 aliphatic heterocycles. The first kappa shape index (κ1) is 27.8. The minimum Gasteiger partial charge on any atom is -0.394 e. The summed E-state index contributed by atoms with van der Waals surface area (Å²) in [5, 5.41) is 39.1. The fraction of sp³-hybridized carbons (Fsp3) is 1.00. The second-order valence-corrected chi connectivity index (χ2v) is 7.71. The van der Waals surface area contributed by atoms with Crippen LogP contribution in [0.15, 0.2) is 0 Å². The van der Waals surface area contributed by atoms with Gasteiger partial charge in [0.05, 0.1) is 13.2 Å². The molecule has 0 aliphatic rings. The van der Waals surface area contributed by atoms with E-state index in [9.17, 15) is 20.4 Å². The van der Waals surface area contributed by atoms with Gasteiger partial charge in [0.25, 0.3) is 0 Å². The lowest BCUT2D eigenvalue weighted by molar-refractivity contribution is -0.170. The van der Waals surface area contributed by atoms with Crippen LogP contribution in [-0.2, 0) is 9.47 Å². The van der Waals surface area contributed by atoms with Crippen molar-refractivity contribution in [3.05, 3.63) is 0 Å². The first-order valence-corrected chi connectivity index (χ1v) is 11.4. The minimum absolute atomic E-state index is 0.433. The number of aliphatic hydroxyl groups is 4. The number of unbranched alkanes of at least 4 members (excludes halogenated alkanes) is 10. The zero-order valence-corrected chi connectivity index (χ0v) is 18.2. The van der Waals surface area contributed by atoms with Crippen molar-refractivity contribution in [3.8, 4) is 0 Å². The summed E-state index contributed by atoms with van der Waals surface area (Å²) in [6, 6.07) is 0. The van der Waals surface area contributed by atoms with Crippen LogP contribution in [0.2, 0.25) is 0 Å². The number of rotatable bonds is 21. The Morgan fingerprint density at radius 1 is 0.536 bits per heavy atom. The molecule has 6 heteroatoms. The van der Waals surface area contributed by atoms with Gasteiger partial charge in [-0.2, -0.15) is 0 Å². The number of hydrogen-bond donors (Lipinski definition) is 4. The highest BCUT2D eigenvalue weighted by molar-refractivity contribution is 4.83. The molecule has 170 valence electrons. The molecule has 0 bridgehead atoms. The van der Waals surface area contributed by atoms with Crippen LogP contribution in [0, 0.1) is 0 Å². The topological polar surface area (TPSA) is 99.4 Å². The van der Waals surface area contributed by atoms with Crippen molar-refractivity contribution in [2.75, 3.05) is 26.4 Å². The van der Waals surface area contributed by atoms with Crippen molar-refractivity contribution in [2.45, 2.75) is 115 Å². The number of aliphatic hydroxyl groups excluding tert-OH is 4. The lowest BCUT2D eigenvalue weighted by Gasteiger charge is -2.32. The third-order valence-corrected chi connectivity index (χ3v) is 5.07. The molecule has 0 spiro atoms. The van der Waals surface area contributed by atoms with Crippen molar-refractivity contribution in [2.24, 2.45) is 0 Å². The Labute approximate surface area is 172 Å². The van der Waals surface area contributed by atoms with E-state index in [1.165, 1.54) is 38.5 Å². The molecule has 0 amide bonds. The number of hydrogen-bond acceptors (Lipinski definition) is 6. The third-order valence-electron chi connectivity index (χ3n) is 5.07. The molecule has 4 atom stereocenters. The Bertz CT molecular complexity index is 285. The summed E-state index contributed by atoms with van der Waals surface area (Å²) in [6.07, 6.45) is 9.42. The molecule has 28 heavy (non-hydrogen) atoms. The zero-order chi connectivity index (χ0) is 21.0. The van der Waals surface area contributed by atoms with Crippen LogP contribution in [0.4, 0.5) is 0 Å². The fourth-order valence-electron chi connectivity index (χ4n) is 3.26. The zero-order valence-electron chi connectivity index (χ0n) is 18.2. The SMILES string of the molecule is CCCCCCCCO[C@@H]([C@H](OCCCCCCCC)[C@H](O)CO)[C@H](O)CO. The molecule has 0 aliphatic carbocycles. The van der Waals surface area contributed by atoms with E-state index >= 15 is 0 Å². The van der Waals surface area contributed by atoms with Gasteiger partial charge in [-0.25, -0.2) is 0 Å². The largest absolute Gasteiger partial charge is 0.394 e. The van der Waals surface area contributed by atoms with Gasteiger partial charge in [-0.3, -0.25) is 0 Å². The second kappa shape index (κ2) is 20.0. The van der Waals surface area contributed by atoms with Gasteiger partial charge in [-0.15, -0.1) is 0 Å². The monoisotopic (exact) mass is 406 g/mol. The molecule has 0 heterocycles. The Morgan fingerprint density at radius 3 is 1.18 bits per heavy atom. The summed E-state index contributed by atoms with van der Waals surface area (Å²) < 4.78 is 11.6. The predicted octanol–water partition coefficient (Wildman–Crippen LogP) is 3.18. The molecule has 0 saturated carbocycles. The van der Waals surface area contributed by atoms with Crippen LogP contribution in [0.5, 0.6) is 0 Å². The highest BCUT2D eigenvalue weighted by Gasteiger charge is 2.34. The van der Waals surface area contributed by atoms with Crippen molar-refractivity contribution in [3.63, 3.8) is 0 Å². The molecule has 0 aromatic heterocycles. The standard InChI is InChI=1S/C22H46O6/c1-3-5-7-9-11-13-15-27-21(19(25)17-23)22(20(26)18-24)28-16-14-12-10-8-6-4-2/h19-26H,3-18H2,1-2H3/t19-,20-,21-,22-/m1/s1. The molecule has 0 aromatic rings. The van der Waals surface area contributed by atoms with Crippen molar-refractivity contribution in [1.82, 2.24) is 0 Å². The maximum absolute atomic E-state index is 10.2. The molecule has 0 fully saturated rings. The molecule has 0 radical (unpaired) electrons. The maximum atomic E-state index is 10.2. The summed E-state index contributed by atoms with van der Waals surface area (Å²) in [4.78, 5) is 0. The van der Waals surface area contributed by atoms with Crippen LogP contribution in [-0.4, -0.2) is 71.3 Å². The molecule has 4 N–H and O–H groups in total. The average Bonchev–Trinajstić information content (AvgIpc) is 2.72. The first-order chi connectivity index (χ1) is 13.6. The summed E-state index contributed by atoms with van der Waals surface area (Å²) in [5.74, 6) is 0. The summed E-state index contributed by atoms with van der Waals surface area (Å²) in [7, 11) is 0. The predicted molar refractivity (Wildman–Crippen MR) is 112 cm³/mol. The minimum atomic E-state index is -1.16. The Kier molecular flexibility index (Phi) is 19.9. The van der Waals surface area contributed by atoms with E-state index in [0.717, 1.165) is 38.5 Å². The average molecular weight is 407 g/mol. The van der Waals surface area contributed by atoms with E-state index in [1.54, 1.807) is 0 Å². The summed E-state index contributed by atoms with van der Waals surface area (Å²) >= 11 is 0. The lowest BCUT2D eigenvalue weighted by atomic mass is 10.0. The first-order valence-electron chi connectivity index (χ1n) is 11.4. The Morgan fingerprint density at radius 2 is 0.857 bits per heavy atom. The highest BCUT2D eigenvalue weighted by atomic mass is 16.6. The lowest BCUT2D eigenvalue weighted by Crippen LogP contribution is -2.50. The van der Waals surface area contributed by atoms with E-state index in [4.69, 9.17) is 9.47 Å². The van der Waals surface area contributed by atoms with Crippen LogP contribution < -0.4 is 0 Å². The third kappa shape index (κ3) is 13.9. The molecule has 0 unspecified atom stereocenters. The van der Waals surface area contributed by atoms with Crippen LogP contribution >= 0.6 is 0 Å². The maximum Gasteiger partial charge on any atom is 0.114 e. The van der Waals surface area contributed by atoms with Gasteiger partial charge in [0, 0.05) is 13.2 Å². The van der Waals surface area contributed by atoms with Crippen molar-refractivity contribution < 1.29 is 29.9 Å². The summed E-state index contributed by atoms with van der Waals surface area (Å²) in [6.45, 7) is 4.28. The van der Waals surface area contributed by atoms with Crippen molar-refractivity contribution >= 4 is 0 Å². The number of ether oxygens (including phenoxy) is 2. The molecule has 6 nitrogen and oxygen atoms in total. The van der Waals surface area contributed by atoms with Gasteiger partial charge in [0.15, 0.2) is 0 Å². The van der Waals surface area contributed by atoms with Gasteiger partial charge >= 0.3 is 0 Å². The fourth-order valence-corrected chi connectivity index (χ4v) is 3.26. The molecular weight excluding hydrogens is 360 g/mol. The molecule has 0 aromatic carbocycles. The van der Waals surface area contributed by atoms with E-state index in [-0.39, 0.29) is 0 Å². The van der Waals surface area contributed by atoms with E-state index in [1.807, 2.05) is 0 Å². The van der Waals surface area contributed by atoms with Crippen LogP contribution in [0.1, 0.15) is 90.9 Å². The van der Waals surface area contributed by atoms with Gasteiger partial charge in [-0.1, -0.05) is 78.1 Å². The van der Waals surface area contributed by atoms with Gasteiger partial charge < -0.3 is 29.9 Å². The highest BCUT2D eigenvalue weighted by Crippen LogP contribution is 2.16. The van der Waals surface area contributed by atoms with Gasteiger partial charge in [0.1, 0.15) is 24.4 Å².